The Bertz CT molecular complexity index is 296. The van der Waals surface area contributed by atoms with Gasteiger partial charge in [-0.25, -0.2) is 0 Å². The first-order valence-electron chi connectivity index (χ1n) is 5.11. The van der Waals surface area contributed by atoms with Gasteiger partial charge in [0.25, 0.3) is 0 Å². The van der Waals surface area contributed by atoms with Gasteiger partial charge in [0.1, 0.15) is 6.61 Å². The zero-order chi connectivity index (χ0) is 11.1. The highest BCUT2D eigenvalue weighted by Gasteiger charge is 2.03. The van der Waals surface area contributed by atoms with Crippen LogP contribution in [0.2, 0.25) is 0 Å². The molecule has 0 saturated carbocycles. The largest absolute Gasteiger partial charge is 0.460 e. The van der Waals surface area contributed by atoms with Gasteiger partial charge in [0.2, 0.25) is 0 Å². The highest BCUT2D eigenvalue weighted by atomic mass is 16.5. The fraction of sp³-hybridized carbons (Fsp3) is 0.417. The van der Waals surface area contributed by atoms with Crippen molar-refractivity contribution in [2.24, 2.45) is 0 Å². The zero-order valence-corrected chi connectivity index (χ0v) is 9.19. The zero-order valence-electron chi connectivity index (χ0n) is 9.19. The van der Waals surface area contributed by atoms with E-state index in [4.69, 9.17) is 4.74 Å². The molecule has 1 aromatic carbocycles. The molecule has 1 N–H and O–H groups in total. The van der Waals surface area contributed by atoms with Crippen molar-refractivity contribution in [3.05, 3.63) is 35.9 Å². The lowest BCUT2D eigenvalue weighted by Gasteiger charge is -2.08. The summed E-state index contributed by atoms with van der Waals surface area (Å²) < 4.78 is 5.08. The Labute approximate surface area is 90.4 Å². The molecule has 3 heteroatoms. The molecule has 0 amide bonds. The normalized spacial score (nSPS) is 10.3. The molecule has 0 heterocycles. The van der Waals surface area contributed by atoms with E-state index in [0.717, 1.165) is 5.56 Å². The highest BCUT2D eigenvalue weighted by Crippen LogP contribution is 2.00. The highest BCUT2D eigenvalue weighted by molar-refractivity contribution is 5.71. The summed E-state index contributed by atoms with van der Waals surface area (Å²) in [7, 11) is 0. The second kappa shape index (κ2) is 6.19. The van der Waals surface area contributed by atoms with Crippen LogP contribution in [0.4, 0.5) is 0 Å². The van der Waals surface area contributed by atoms with Crippen LogP contribution in [0.15, 0.2) is 30.3 Å². The molecule has 3 nitrogen and oxygen atoms in total. The second-order valence-electron chi connectivity index (χ2n) is 3.68. The standard InChI is InChI=1S/C12H17NO2/c1-10(2)13-8-12(14)15-9-11-6-4-3-5-7-11/h3-7,10,13H,8-9H2,1-2H3. The minimum Gasteiger partial charge on any atom is -0.460 e. The Morgan fingerprint density at radius 3 is 2.60 bits per heavy atom. The molecule has 0 radical (unpaired) electrons. The van der Waals surface area contributed by atoms with Crippen molar-refractivity contribution in [2.45, 2.75) is 26.5 Å². The van der Waals surface area contributed by atoms with Crippen LogP contribution >= 0.6 is 0 Å². The van der Waals surface area contributed by atoms with E-state index >= 15 is 0 Å². The van der Waals surface area contributed by atoms with Crippen molar-refractivity contribution >= 4 is 5.97 Å². The van der Waals surface area contributed by atoms with E-state index < -0.39 is 0 Å². The number of benzene rings is 1. The van der Waals surface area contributed by atoms with Crippen LogP contribution in [0.25, 0.3) is 0 Å². The van der Waals surface area contributed by atoms with E-state index in [0.29, 0.717) is 12.6 Å². The summed E-state index contributed by atoms with van der Waals surface area (Å²) in [6.07, 6.45) is 0. The van der Waals surface area contributed by atoms with Crippen molar-refractivity contribution in [3.8, 4) is 0 Å². The molecule has 15 heavy (non-hydrogen) atoms. The lowest BCUT2D eigenvalue weighted by Crippen LogP contribution is -2.30. The van der Waals surface area contributed by atoms with Gasteiger partial charge in [0.15, 0.2) is 0 Å². The average Bonchev–Trinajstić information content (AvgIpc) is 2.25. The molecule has 0 aliphatic heterocycles. The molecule has 0 bridgehead atoms. The van der Waals surface area contributed by atoms with E-state index in [1.165, 1.54) is 0 Å². The molecule has 0 aliphatic carbocycles. The predicted molar refractivity (Wildman–Crippen MR) is 59.4 cm³/mol. The maximum absolute atomic E-state index is 11.2. The minimum atomic E-state index is -0.215. The number of ether oxygens (including phenoxy) is 1. The van der Waals surface area contributed by atoms with Crippen molar-refractivity contribution in [2.75, 3.05) is 6.54 Å². The lowest BCUT2D eigenvalue weighted by molar-refractivity contribution is -0.143. The first-order chi connectivity index (χ1) is 7.18. The van der Waals surface area contributed by atoms with Crippen LogP contribution in [0.3, 0.4) is 0 Å². The first kappa shape index (κ1) is 11.7. The van der Waals surface area contributed by atoms with Crippen LogP contribution in [0.1, 0.15) is 19.4 Å². The van der Waals surface area contributed by atoms with E-state index in [-0.39, 0.29) is 12.5 Å². The molecule has 82 valence electrons. The third kappa shape index (κ3) is 5.18. The molecular formula is C12H17NO2. The van der Waals surface area contributed by atoms with Gasteiger partial charge in [-0.2, -0.15) is 0 Å². The Kier molecular flexibility index (Phi) is 4.84. The summed E-state index contributed by atoms with van der Waals surface area (Å²) in [6.45, 7) is 4.60. The van der Waals surface area contributed by atoms with Crippen LogP contribution in [-0.4, -0.2) is 18.6 Å². The first-order valence-corrected chi connectivity index (χ1v) is 5.11. The molecule has 0 fully saturated rings. The molecular weight excluding hydrogens is 190 g/mol. The van der Waals surface area contributed by atoms with Crippen molar-refractivity contribution in [1.29, 1.82) is 0 Å². The Hall–Kier alpha value is -1.35. The quantitative estimate of drug-likeness (QED) is 0.747. The molecule has 0 saturated heterocycles. The van der Waals surface area contributed by atoms with Gasteiger partial charge in [-0.15, -0.1) is 0 Å². The number of hydrogen-bond donors (Lipinski definition) is 1. The van der Waals surface area contributed by atoms with Gasteiger partial charge in [0, 0.05) is 6.04 Å². The van der Waals surface area contributed by atoms with Crippen LogP contribution < -0.4 is 5.32 Å². The lowest BCUT2D eigenvalue weighted by atomic mass is 10.2. The molecule has 0 atom stereocenters. The topological polar surface area (TPSA) is 38.3 Å². The molecule has 1 aromatic rings. The number of rotatable bonds is 5. The number of carbonyl (C=O) groups excluding carboxylic acids is 1. The third-order valence-corrected chi connectivity index (χ3v) is 1.90. The van der Waals surface area contributed by atoms with Crippen molar-refractivity contribution in [1.82, 2.24) is 5.32 Å². The number of carbonyl (C=O) groups is 1. The van der Waals surface area contributed by atoms with Gasteiger partial charge in [-0.1, -0.05) is 44.2 Å². The average molecular weight is 207 g/mol. The van der Waals surface area contributed by atoms with Gasteiger partial charge >= 0.3 is 5.97 Å². The van der Waals surface area contributed by atoms with E-state index in [9.17, 15) is 4.79 Å². The number of esters is 1. The predicted octanol–water partition coefficient (Wildman–Crippen LogP) is 1.73. The summed E-state index contributed by atoms with van der Waals surface area (Å²) in [5.74, 6) is -0.215. The number of hydrogen-bond acceptors (Lipinski definition) is 3. The second-order valence-corrected chi connectivity index (χ2v) is 3.68. The fourth-order valence-electron chi connectivity index (χ4n) is 1.08. The third-order valence-electron chi connectivity index (χ3n) is 1.90. The SMILES string of the molecule is CC(C)NCC(=O)OCc1ccccc1. The van der Waals surface area contributed by atoms with Gasteiger partial charge in [-0.3, -0.25) is 4.79 Å². The number of nitrogens with one attached hydrogen (secondary N) is 1. The molecule has 1 rings (SSSR count). The van der Waals surface area contributed by atoms with Gasteiger partial charge in [0.05, 0.1) is 6.54 Å². The Morgan fingerprint density at radius 2 is 2.00 bits per heavy atom. The van der Waals surface area contributed by atoms with Crippen molar-refractivity contribution in [3.63, 3.8) is 0 Å². The molecule has 0 spiro atoms. The van der Waals surface area contributed by atoms with E-state index in [1.54, 1.807) is 0 Å². The Morgan fingerprint density at radius 1 is 1.33 bits per heavy atom. The minimum absolute atomic E-state index is 0.215. The summed E-state index contributed by atoms with van der Waals surface area (Å²) in [5, 5.41) is 3.01. The van der Waals surface area contributed by atoms with Crippen LogP contribution in [-0.2, 0) is 16.1 Å². The summed E-state index contributed by atoms with van der Waals surface area (Å²) in [6, 6.07) is 9.96. The maximum atomic E-state index is 11.2. The summed E-state index contributed by atoms with van der Waals surface area (Å²) >= 11 is 0. The van der Waals surface area contributed by atoms with Crippen molar-refractivity contribution < 1.29 is 9.53 Å². The maximum Gasteiger partial charge on any atom is 0.320 e. The van der Waals surface area contributed by atoms with Gasteiger partial charge in [-0.05, 0) is 5.56 Å². The summed E-state index contributed by atoms with van der Waals surface area (Å²) in [5.41, 5.74) is 1.01. The van der Waals surface area contributed by atoms with E-state index in [1.807, 2.05) is 44.2 Å². The van der Waals surface area contributed by atoms with Crippen LogP contribution in [0.5, 0.6) is 0 Å². The van der Waals surface area contributed by atoms with Crippen LogP contribution in [0, 0.1) is 0 Å². The van der Waals surface area contributed by atoms with Gasteiger partial charge < -0.3 is 10.1 Å². The molecule has 0 aromatic heterocycles. The monoisotopic (exact) mass is 207 g/mol. The smallest absolute Gasteiger partial charge is 0.320 e. The molecule has 0 unspecified atom stereocenters. The summed E-state index contributed by atoms with van der Waals surface area (Å²) in [4.78, 5) is 11.2. The Balaban J connectivity index is 2.23. The molecule has 0 aliphatic rings. The van der Waals surface area contributed by atoms with E-state index in [2.05, 4.69) is 5.32 Å². The fourth-order valence-corrected chi connectivity index (χ4v) is 1.08.